The van der Waals surface area contributed by atoms with Gasteiger partial charge in [0.25, 0.3) is 11.8 Å². The Morgan fingerprint density at radius 1 is 1.03 bits per heavy atom. The zero-order chi connectivity index (χ0) is 21.1. The lowest BCUT2D eigenvalue weighted by molar-refractivity contribution is -0.137. The lowest BCUT2D eigenvalue weighted by atomic mass is 10.0. The highest BCUT2D eigenvalue weighted by Gasteiger charge is 2.28. The highest BCUT2D eigenvalue weighted by molar-refractivity contribution is 6.38. The first-order valence-corrected chi connectivity index (χ1v) is 9.19. The van der Waals surface area contributed by atoms with Crippen LogP contribution in [0.4, 0.5) is 0 Å². The van der Waals surface area contributed by atoms with Gasteiger partial charge in [0.15, 0.2) is 0 Å². The van der Waals surface area contributed by atoms with Crippen molar-refractivity contribution in [3.8, 4) is 11.4 Å². The van der Waals surface area contributed by atoms with Gasteiger partial charge in [0.2, 0.25) is 5.78 Å². The van der Waals surface area contributed by atoms with Crippen LogP contribution in [0.2, 0.25) is 0 Å². The molecule has 5 N–H and O–H groups in total. The summed E-state index contributed by atoms with van der Waals surface area (Å²) in [7, 11) is 0. The van der Waals surface area contributed by atoms with E-state index in [4.69, 9.17) is 5.73 Å². The first-order chi connectivity index (χ1) is 14.5. The number of para-hydroxylation sites is 1. The number of hydrogen-bond acceptors (Lipinski definition) is 5. The molecule has 4 aromatic rings. The Balaban J connectivity index is 1.62. The molecule has 0 bridgehead atoms. The van der Waals surface area contributed by atoms with Gasteiger partial charge >= 0.3 is 0 Å². The Morgan fingerprint density at radius 2 is 1.83 bits per heavy atom. The number of nitrogens with one attached hydrogen (secondary N) is 3. The molecule has 3 heterocycles. The summed E-state index contributed by atoms with van der Waals surface area (Å²) in [6.07, 6.45) is 4.80. The maximum Gasteiger partial charge on any atom is 0.287 e. The Labute approximate surface area is 170 Å². The molecule has 150 valence electrons. The number of rotatable bonds is 7. The van der Waals surface area contributed by atoms with E-state index in [1.54, 1.807) is 30.6 Å². The van der Waals surface area contributed by atoms with E-state index in [1.807, 2.05) is 24.3 Å². The number of pyridine rings is 1. The van der Waals surface area contributed by atoms with E-state index in [2.05, 4.69) is 25.3 Å². The summed E-state index contributed by atoms with van der Waals surface area (Å²) >= 11 is 0. The third-order valence-corrected chi connectivity index (χ3v) is 4.74. The molecule has 0 saturated carbocycles. The van der Waals surface area contributed by atoms with E-state index in [0.717, 1.165) is 16.5 Å². The Kier molecular flexibility index (Phi) is 5.08. The number of nitrogens with two attached hydrogens (primary N) is 1. The molecule has 9 nitrogen and oxygen atoms in total. The number of aromatic nitrogens is 4. The molecule has 30 heavy (non-hydrogen) atoms. The number of Topliss-reactive ketones (excluding diaryl/α,β-unsaturated/α-hetero) is 1. The molecular weight excluding hydrogens is 384 g/mol. The summed E-state index contributed by atoms with van der Waals surface area (Å²) in [4.78, 5) is 51.1. The van der Waals surface area contributed by atoms with Crippen LogP contribution in [0.1, 0.15) is 16.1 Å². The molecule has 0 radical (unpaired) electrons. The second kappa shape index (κ2) is 8.00. The van der Waals surface area contributed by atoms with E-state index in [-0.39, 0.29) is 12.1 Å². The van der Waals surface area contributed by atoms with Crippen molar-refractivity contribution >= 4 is 28.5 Å². The van der Waals surface area contributed by atoms with Gasteiger partial charge in [0, 0.05) is 29.7 Å². The van der Waals surface area contributed by atoms with Crippen LogP contribution in [-0.4, -0.2) is 43.6 Å². The minimum Gasteiger partial charge on any atom is -0.363 e. The van der Waals surface area contributed by atoms with Gasteiger partial charge in [-0.1, -0.05) is 24.3 Å². The lowest BCUT2D eigenvalue weighted by Gasteiger charge is -2.16. The molecule has 1 unspecified atom stereocenters. The van der Waals surface area contributed by atoms with Crippen LogP contribution in [0.25, 0.3) is 22.3 Å². The summed E-state index contributed by atoms with van der Waals surface area (Å²) < 4.78 is 0. The molecule has 0 aliphatic heterocycles. The van der Waals surface area contributed by atoms with Crippen molar-refractivity contribution < 1.29 is 14.4 Å². The number of benzene rings is 1. The van der Waals surface area contributed by atoms with Gasteiger partial charge in [-0.05, 0) is 23.8 Å². The monoisotopic (exact) mass is 402 g/mol. The van der Waals surface area contributed by atoms with Gasteiger partial charge in [-0.2, -0.15) is 0 Å². The predicted octanol–water partition coefficient (Wildman–Crippen LogP) is 1.35. The number of ketones is 1. The van der Waals surface area contributed by atoms with Crippen LogP contribution >= 0.6 is 0 Å². The largest absolute Gasteiger partial charge is 0.363 e. The van der Waals surface area contributed by atoms with E-state index in [1.165, 1.54) is 6.33 Å². The number of hydrogen-bond donors (Lipinski definition) is 4. The van der Waals surface area contributed by atoms with Crippen LogP contribution < -0.4 is 11.1 Å². The topological polar surface area (TPSA) is 147 Å². The number of imidazole rings is 1. The van der Waals surface area contributed by atoms with Crippen molar-refractivity contribution in [1.29, 1.82) is 0 Å². The van der Waals surface area contributed by atoms with Crippen molar-refractivity contribution in [3.05, 3.63) is 72.4 Å². The number of H-pyrrole nitrogens is 2. The van der Waals surface area contributed by atoms with Crippen molar-refractivity contribution in [2.24, 2.45) is 5.73 Å². The van der Waals surface area contributed by atoms with Crippen molar-refractivity contribution in [3.63, 3.8) is 0 Å². The fourth-order valence-electron chi connectivity index (χ4n) is 3.30. The summed E-state index contributed by atoms with van der Waals surface area (Å²) in [6.45, 7) is 0. The second-order valence-electron chi connectivity index (χ2n) is 6.66. The Bertz CT molecular complexity index is 1230. The molecule has 3 aromatic heterocycles. The van der Waals surface area contributed by atoms with Gasteiger partial charge in [0.05, 0.1) is 12.0 Å². The van der Waals surface area contributed by atoms with Gasteiger partial charge < -0.3 is 21.0 Å². The molecule has 1 aromatic carbocycles. The fraction of sp³-hybridized carbons (Fsp3) is 0.0952. The molecular formula is C21H18N6O3. The van der Waals surface area contributed by atoms with Gasteiger partial charge in [-0.15, -0.1) is 0 Å². The predicted molar refractivity (Wildman–Crippen MR) is 109 cm³/mol. The summed E-state index contributed by atoms with van der Waals surface area (Å²) in [5, 5.41) is 3.50. The minimum absolute atomic E-state index is 0.102. The molecule has 4 rings (SSSR count). The molecule has 0 aliphatic rings. The molecule has 9 heteroatoms. The van der Waals surface area contributed by atoms with Crippen molar-refractivity contribution in [2.45, 2.75) is 12.5 Å². The van der Waals surface area contributed by atoms with Crippen LogP contribution in [0.15, 0.2) is 61.2 Å². The van der Waals surface area contributed by atoms with Crippen LogP contribution in [0, 0.1) is 0 Å². The number of fused-ring (bicyclic) bond motifs is 1. The van der Waals surface area contributed by atoms with Crippen LogP contribution in [0.3, 0.4) is 0 Å². The van der Waals surface area contributed by atoms with Crippen molar-refractivity contribution in [2.75, 3.05) is 0 Å². The van der Waals surface area contributed by atoms with Gasteiger partial charge in [-0.25, -0.2) is 4.98 Å². The van der Waals surface area contributed by atoms with E-state index >= 15 is 0 Å². The number of nitrogens with zero attached hydrogens (tertiary/aromatic N) is 2. The number of carbonyl (C=O) groups is 3. The first kappa shape index (κ1) is 19.1. The standard InChI is InChI=1S/C21H18N6O3/c22-20(29)19(28)16(9-12-10-24-14-6-2-1-5-13(12)14)27-21(30)18-17(25-11-26-18)15-7-3-4-8-23-15/h1-8,10-11,16,24H,9H2,(H2,22,29)(H,25,26)(H,27,30). The maximum absolute atomic E-state index is 12.9. The molecule has 1 atom stereocenters. The first-order valence-electron chi connectivity index (χ1n) is 9.19. The van der Waals surface area contributed by atoms with Crippen LogP contribution in [-0.2, 0) is 16.0 Å². The minimum atomic E-state index is -1.13. The molecule has 0 fully saturated rings. The zero-order valence-corrected chi connectivity index (χ0v) is 15.8. The number of amides is 2. The van der Waals surface area contributed by atoms with Gasteiger partial charge in [-0.3, -0.25) is 19.4 Å². The Morgan fingerprint density at radius 3 is 2.60 bits per heavy atom. The third-order valence-electron chi connectivity index (χ3n) is 4.74. The quantitative estimate of drug-likeness (QED) is 0.345. The van der Waals surface area contributed by atoms with E-state index in [9.17, 15) is 14.4 Å². The van der Waals surface area contributed by atoms with Gasteiger partial charge in [0.1, 0.15) is 17.4 Å². The molecule has 0 spiro atoms. The molecule has 0 saturated heterocycles. The third kappa shape index (κ3) is 3.68. The second-order valence-corrected chi connectivity index (χ2v) is 6.66. The normalized spacial score (nSPS) is 11.9. The zero-order valence-electron chi connectivity index (χ0n) is 15.8. The molecule has 2 amide bonds. The lowest BCUT2D eigenvalue weighted by Crippen LogP contribution is -2.47. The van der Waals surface area contributed by atoms with E-state index < -0.39 is 23.6 Å². The smallest absolute Gasteiger partial charge is 0.287 e. The fourth-order valence-corrected chi connectivity index (χ4v) is 3.30. The average Bonchev–Trinajstić information content (AvgIpc) is 3.41. The average molecular weight is 402 g/mol. The maximum atomic E-state index is 12.9. The number of aromatic amines is 2. The summed E-state index contributed by atoms with van der Waals surface area (Å²) in [5.74, 6) is -2.59. The highest BCUT2D eigenvalue weighted by Crippen LogP contribution is 2.20. The summed E-state index contributed by atoms with van der Waals surface area (Å²) in [6, 6.07) is 11.6. The summed E-state index contributed by atoms with van der Waals surface area (Å²) in [5.41, 5.74) is 7.85. The molecule has 0 aliphatic carbocycles. The van der Waals surface area contributed by atoms with Crippen molar-refractivity contribution in [1.82, 2.24) is 25.3 Å². The number of primary amides is 1. The van der Waals surface area contributed by atoms with Crippen LogP contribution in [0.5, 0.6) is 0 Å². The number of carbonyl (C=O) groups excluding carboxylic acids is 3. The SMILES string of the molecule is NC(=O)C(=O)C(Cc1c[nH]c2ccccc12)NC(=O)c1[nH]cnc1-c1ccccn1. The van der Waals surface area contributed by atoms with E-state index in [0.29, 0.717) is 11.4 Å². The highest BCUT2D eigenvalue weighted by atomic mass is 16.2. The Hall–Kier alpha value is -4.27.